The number of para-hydroxylation sites is 2. The predicted molar refractivity (Wildman–Crippen MR) is 84.4 cm³/mol. The van der Waals surface area contributed by atoms with E-state index in [-0.39, 0.29) is 5.91 Å². The van der Waals surface area contributed by atoms with Crippen molar-refractivity contribution in [3.63, 3.8) is 0 Å². The molecule has 21 heavy (non-hydrogen) atoms. The highest BCUT2D eigenvalue weighted by atomic mass is 16.5. The smallest absolute Gasteiger partial charge is 0.258 e. The van der Waals surface area contributed by atoms with Crippen molar-refractivity contribution >= 4 is 17.3 Å². The van der Waals surface area contributed by atoms with E-state index in [1.807, 2.05) is 60.5 Å². The Morgan fingerprint density at radius 1 is 1.00 bits per heavy atom. The number of benzene rings is 2. The molecule has 4 nitrogen and oxygen atoms in total. The van der Waals surface area contributed by atoms with E-state index in [2.05, 4.69) is 4.90 Å². The monoisotopic (exact) mass is 282 g/mol. The summed E-state index contributed by atoms with van der Waals surface area (Å²) in [6, 6.07) is 15.2. The molecule has 0 atom stereocenters. The van der Waals surface area contributed by atoms with Crippen LogP contribution >= 0.6 is 0 Å². The lowest BCUT2D eigenvalue weighted by atomic mass is 10.1. The van der Waals surface area contributed by atoms with Gasteiger partial charge in [-0.3, -0.25) is 4.79 Å². The van der Waals surface area contributed by atoms with Crippen LogP contribution in [-0.4, -0.2) is 33.2 Å². The minimum absolute atomic E-state index is 0.0261. The van der Waals surface area contributed by atoms with Gasteiger partial charge in [0.1, 0.15) is 5.75 Å². The molecule has 4 heteroatoms. The van der Waals surface area contributed by atoms with Crippen LogP contribution in [0.1, 0.15) is 10.4 Å². The lowest BCUT2D eigenvalue weighted by Gasteiger charge is -2.35. The number of nitrogens with zero attached hydrogens (tertiary/aromatic N) is 2. The Bertz CT molecular complexity index is 652. The summed E-state index contributed by atoms with van der Waals surface area (Å²) in [6.45, 7) is 1.53. The van der Waals surface area contributed by atoms with Crippen molar-refractivity contribution in [1.82, 2.24) is 0 Å². The SMILES string of the molecule is COc1ccc(C(=O)N2CCN(C)c3ccccc32)cc1. The number of methoxy groups -OCH3 is 1. The molecule has 1 aliphatic rings. The van der Waals surface area contributed by atoms with Crippen molar-refractivity contribution in [2.24, 2.45) is 0 Å². The third kappa shape index (κ3) is 2.44. The van der Waals surface area contributed by atoms with Gasteiger partial charge in [-0.05, 0) is 36.4 Å². The molecule has 0 radical (unpaired) electrons. The number of hydrogen-bond donors (Lipinski definition) is 0. The largest absolute Gasteiger partial charge is 0.497 e. The lowest BCUT2D eigenvalue weighted by molar-refractivity contribution is 0.0986. The van der Waals surface area contributed by atoms with E-state index in [9.17, 15) is 4.79 Å². The van der Waals surface area contributed by atoms with Crippen molar-refractivity contribution in [2.45, 2.75) is 0 Å². The van der Waals surface area contributed by atoms with Crippen LogP contribution in [0.5, 0.6) is 5.75 Å². The van der Waals surface area contributed by atoms with Gasteiger partial charge in [0.15, 0.2) is 0 Å². The van der Waals surface area contributed by atoms with Crippen molar-refractivity contribution in [2.75, 3.05) is 37.0 Å². The third-order valence-electron chi connectivity index (χ3n) is 3.82. The first-order valence-electron chi connectivity index (χ1n) is 6.97. The fourth-order valence-electron chi connectivity index (χ4n) is 2.61. The number of ether oxygens (including phenoxy) is 1. The molecule has 0 saturated heterocycles. The van der Waals surface area contributed by atoms with E-state index in [1.165, 1.54) is 0 Å². The first-order chi connectivity index (χ1) is 10.2. The number of anilines is 2. The van der Waals surface area contributed by atoms with Crippen molar-refractivity contribution in [3.05, 3.63) is 54.1 Å². The van der Waals surface area contributed by atoms with Crippen LogP contribution in [0.25, 0.3) is 0 Å². The van der Waals surface area contributed by atoms with E-state index in [1.54, 1.807) is 7.11 Å². The summed E-state index contributed by atoms with van der Waals surface area (Å²) in [5.41, 5.74) is 2.73. The molecule has 0 bridgehead atoms. The number of hydrogen-bond acceptors (Lipinski definition) is 3. The van der Waals surface area contributed by atoms with E-state index < -0.39 is 0 Å². The second-order valence-electron chi connectivity index (χ2n) is 5.10. The zero-order valence-electron chi connectivity index (χ0n) is 12.2. The topological polar surface area (TPSA) is 32.8 Å². The maximum atomic E-state index is 12.7. The number of carbonyl (C=O) groups is 1. The van der Waals surface area contributed by atoms with Crippen molar-refractivity contribution in [1.29, 1.82) is 0 Å². The normalized spacial score (nSPS) is 13.8. The van der Waals surface area contributed by atoms with Crippen molar-refractivity contribution < 1.29 is 9.53 Å². The van der Waals surface area contributed by atoms with E-state index in [0.717, 1.165) is 23.7 Å². The zero-order valence-corrected chi connectivity index (χ0v) is 12.2. The summed E-state index contributed by atoms with van der Waals surface area (Å²) in [4.78, 5) is 16.8. The number of carbonyl (C=O) groups excluding carboxylic acids is 1. The highest BCUT2D eigenvalue weighted by Gasteiger charge is 2.25. The third-order valence-corrected chi connectivity index (χ3v) is 3.82. The summed E-state index contributed by atoms with van der Waals surface area (Å²) < 4.78 is 5.13. The molecule has 0 aromatic heterocycles. The number of amides is 1. The number of fused-ring (bicyclic) bond motifs is 1. The average Bonchev–Trinajstić information content (AvgIpc) is 2.55. The molecule has 0 spiro atoms. The standard InChI is InChI=1S/C17H18N2O2/c1-18-11-12-19(16-6-4-3-5-15(16)18)17(20)13-7-9-14(21-2)10-8-13/h3-10H,11-12H2,1-2H3. The first-order valence-corrected chi connectivity index (χ1v) is 6.97. The van der Waals surface area contributed by atoms with Crippen molar-refractivity contribution in [3.8, 4) is 5.75 Å². The summed E-state index contributed by atoms with van der Waals surface area (Å²) in [5, 5.41) is 0. The molecular formula is C17H18N2O2. The van der Waals surface area contributed by atoms with Gasteiger partial charge >= 0.3 is 0 Å². The fraction of sp³-hybridized carbons (Fsp3) is 0.235. The lowest BCUT2D eigenvalue weighted by Crippen LogP contribution is -2.42. The molecule has 1 heterocycles. The second kappa shape index (κ2) is 5.48. The molecule has 0 unspecified atom stereocenters. The van der Waals surface area contributed by atoms with Gasteiger partial charge < -0.3 is 14.5 Å². The van der Waals surface area contributed by atoms with Crippen LogP contribution in [0.2, 0.25) is 0 Å². The highest BCUT2D eigenvalue weighted by Crippen LogP contribution is 2.32. The van der Waals surface area contributed by atoms with Crippen LogP contribution in [0.15, 0.2) is 48.5 Å². The average molecular weight is 282 g/mol. The van der Waals surface area contributed by atoms with Crippen LogP contribution in [0.3, 0.4) is 0 Å². The molecule has 0 aliphatic carbocycles. The molecular weight excluding hydrogens is 264 g/mol. The summed E-state index contributed by atoms with van der Waals surface area (Å²) >= 11 is 0. The molecule has 3 rings (SSSR count). The van der Waals surface area contributed by atoms with Gasteiger partial charge in [0.25, 0.3) is 5.91 Å². The fourth-order valence-corrected chi connectivity index (χ4v) is 2.61. The Balaban J connectivity index is 1.93. The highest BCUT2D eigenvalue weighted by molar-refractivity contribution is 6.08. The van der Waals surface area contributed by atoms with E-state index in [4.69, 9.17) is 4.74 Å². The van der Waals surface area contributed by atoms with Gasteiger partial charge in [0.2, 0.25) is 0 Å². The predicted octanol–water partition coefficient (Wildman–Crippen LogP) is 2.79. The Labute approximate surface area is 124 Å². The maximum absolute atomic E-state index is 12.7. The van der Waals surface area contributed by atoms with E-state index >= 15 is 0 Å². The number of rotatable bonds is 2. The molecule has 0 saturated carbocycles. The first kappa shape index (κ1) is 13.5. The molecule has 0 fully saturated rings. The van der Waals surface area contributed by atoms with Gasteiger partial charge in [0.05, 0.1) is 18.5 Å². The van der Waals surface area contributed by atoms with Gasteiger partial charge in [-0.2, -0.15) is 0 Å². The summed E-state index contributed by atoms with van der Waals surface area (Å²) in [6.07, 6.45) is 0. The molecule has 0 N–H and O–H groups in total. The summed E-state index contributed by atoms with van der Waals surface area (Å²) in [7, 11) is 3.67. The van der Waals surface area contributed by atoms with Crippen LogP contribution in [0.4, 0.5) is 11.4 Å². The molecule has 1 amide bonds. The Kier molecular flexibility index (Phi) is 3.52. The quantitative estimate of drug-likeness (QED) is 0.849. The molecule has 108 valence electrons. The Hall–Kier alpha value is -2.49. The zero-order chi connectivity index (χ0) is 14.8. The Morgan fingerprint density at radius 3 is 2.33 bits per heavy atom. The maximum Gasteiger partial charge on any atom is 0.258 e. The minimum atomic E-state index is 0.0261. The van der Waals surface area contributed by atoms with Gasteiger partial charge in [-0.15, -0.1) is 0 Å². The molecule has 2 aromatic rings. The second-order valence-corrected chi connectivity index (χ2v) is 5.10. The molecule has 2 aromatic carbocycles. The van der Waals surface area contributed by atoms with Gasteiger partial charge in [-0.1, -0.05) is 12.1 Å². The minimum Gasteiger partial charge on any atom is -0.497 e. The van der Waals surface area contributed by atoms with Crippen LogP contribution < -0.4 is 14.5 Å². The number of likely N-dealkylation sites (N-methyl/N-ethyl adjacent to an activating group) is 1. The Morgan fingerprint density at radius 2 is 1.67 bits per heavy atom. The summed E-state index contributed by atoms with van der Waals surface area (Å²) in [5.74, 6) is 0.781. The van der Waals surface area contributed by atoms with Gasteiger partial charge in [-0.25, -0.2) is 0 Å². The van der Waals surface area contributed by atoms with Crippen LogP contribution in [-0.2, 0) is 0 Å². The van der Waals surface area contributed by atoms with E-state index in [0.29, 0.717) is 12.1 Å². The van der Waals surface area contributed by atoms with Crippen LogP contribution in [0, 0.1) is 0 Å². The molecule has 1 aliphatic heterocycles. The van der Waals surface area contributed by atoms with Gasteiger partial charge in [0, 0.05) is 25.7 Å².